The molecule has 2 aromatic rings. The largest absolute Gasteiger partial charge is 0.497 e. The minimum Gasteiger partial charge on any atom is -0.497 e. The second-order valence-corrected chi connectivity index (χ2v) is 5.21. The van der Waals surface area contributed by atoms with Crippen molar-refractivity contribution in [1.82, 2.24) is 0 Å². The van der Waals surface area contributed by atoms with E-state index in [1.165, 1.54) is 6.07 Å². The summed E-state index contributed by atoms with van der Waals surface area (Å²) in [6, 6.07) is 6.72. The molecule has 1 aromatic carbocycles. The van der Waals surface area contributed by atoms with Gasteiger partial charge in [-0.25, -0.2) is 4.79 Å². The van der Waals surface area contributed by atoms with Gasteiger partial charge in [0.05, 0.1) is 7.11 Å². The minimum absolute atomic E-state index is 0.122. The van der Waals surface area contributed by atoms with E-state index in [0.717, 1.165) is 10.9 Å². The summed E-state index contributed by atoms with van der Waals surface area (Å²) in [7, 11) is 1.55. The summed E-state index contributed by atoms with van der Waals surface area (Å²) in [6.45, 7) is 2.00. The molecule has 0 fully saturated rings. The first kappa shape index (κ1) is 14.4. The van der Waals surface area contributed by atoms with Gasteiger partial charge in [0.2, 0.25) is 0 Å². The standard InChI is InChI=1S/C17H16O5/c1-10-14(18)5-6-15(10)21-9-11-7-17(19)22-16-8-12(20-2)3-4-13(11)16/h3-4,7-8H,5-6,9H2,1-2H3. The number of methoxy groups -OCH3 is 1. The number of hydrogen-bond acceptors (Lipinski definition) is 5. The van der Waals surface area contributed by atoms with Crippen molar-refractivity contribution in [3.63, 3.8) is 0 Å². The Bertz CT molecular complexity index is 829. The van der Waals surface area contributed by atoms with Crippen molar-refractivity contribution in [3.05, 3.63) is 51.6 Å². The minimum atomic E-state index is -0.437. The number of ether oxygens (including phenoxy) is 2. The summed E-state index contributed by atoms with van der Waals surface area (Å²) in [5.74, 6) is 1.45. The van der Waals surface area contributed by atoms with Gasteiger partial charge in [0, 0.05) is 41.5 Å². The van der Waals surface area contributed by atoms with Gasteiger partial charge < -0.3 is 13.9 Å². The summed E-state index contributed by atoms with van der Waals surface area (Å²) >= 11 is 0. The fraction of sp³-hybridized carbons (Fsp3) is 0.294. The molecule has 114 valence electrons. The smallest absolute Gasteiger partial charge is 0.336 e. The molecule has 0 saturated heterocycles. The van der Waals surface area contributed by atoms with E-state index in [-0.39, 0.29) is 12.4 Å². The van der Waals surface area contributed by atoms with Gasteiger partial charge in [-0.1, -0.05) is 0 Å². The lowest BCUT2D eigenvalue weighted by molar-refractivity contribution is -0.114. The third-order valence-corrected chi connectivity index (χ3v) is 3.85. The van der Waals surface area contributed by atoms with Crippen LogP contribution in [-0.2, 0) is 16.1 Å². The number of carbonyl (C=O) groups is 1. The summed E-state index contributed by atoms with van der Waals surface area (Å²) in [5, 5.41) is 0.794. The predicted octanol–water partition coefficient (Wildman–Crippen LogP) is 2.96. The van der Waals surface area contributed by atoms with E-state index in [4.69, 9.17) is 13.9 Å². The molecule has 0 radical (unpaired) electrons. The van der Waals surface area contributed by atoms with Gasteiger partial charge in [0.15, 0.2) is 5.78 Å². The quantitative estimate of drug-likeness (QED) is 0.812. The fourth-order valence-corrected chi connectivity index (χ4v) is 2.56. The van der Waals surface area contributed by atoms with Crippen molar-refractivity contribution < 1.29 is 18.7 Å². The van der Waals surface area contributed by atoms with Crippen LogP contribution in [0.2, 0.25) is 0 Å². The number of Topliss-reactive ketones (excluding diaryl/α,β-unsaturated/α-hetero) is 1. The maximum atomic E-state index is 11.7. The molecule has 0 unspecified atom stereocenters. The van der Waals surface area contributed by atoms with Crippen LogP contribution in [0, 0.1) is 0 Å². The molecule has 0 amide bonds. The Morgan fingerprint density at radius 2 is 2.00 bits per heavy atom. The van der Waals surface area contributed by atoms with Crippen molar-refractivity contribution in [3.8, 4) is 5.75 Å². The molecule has 1 aliphatic carbocycles. The molecular weight excluding hydrogens is 284 g/mol. The maximum Gasteiger partial charge on any atom is 0.336 e. The molecule has 1 aromatic heterocycles. The fourth-order valence-electron chi connectivity index (χ4n) is 2.56. The zero-order valence-electron chi connectivity index (χ0n) is 12.5. The van der Waals surface area contributed by atoms with Gasteiger partial charge in [-0.3, -0.25) is 4.79 Å². The molecule has 3 rings (SSSR count). The van der Waals surface area contributed by atoms with Crippen molar-refractivity contribution in [2.75, 3.05) is 7.11 Å². The molecule has 0 spiro atoms. The van der Waals surface area contributed by atoms with Gasteiger partial charge in [-0.15, -0.1) is 0 Å². The Kier molecular flexibility index (Phi) is 3.71. The molecule has 22 heavy (non-hydrogen) atoms. The van der Waals surface area contributed by atoms with Crippen LogP contribution < -0.4 is 10.4 Å². The van der Waals surface area contributed by atoms with E-state index in [1.807, 2.05) is 6.07 Å². The lowest BCUT2D eigenvalue weighted by Gasteiger charge is -2.10. The van der Waals surface area contributed by atoms with E-state index < -0.39 is 5.63 Å². The second-order valence-electron chi connectivity index (χ2n) is 5.21. The predicted molar refractivity (Wildman–Crippen MR) is 80.8 cm³/mol. The number of fused-ring (bicyclic) bond motifs is 1. The van der Waals surface area contributed by atoms with Crippen LogP contribution in [0.1, 0.15) is 25.3 Å². The monoisotopic (exact) mass is 300 g/mol. The maximum absolute atomic E-state index is 11.7. The number of allylic oxidation sites excluding steroid dienone is 2. The average Bonchev–Trinajstić information content (AvgIpc) is 2.83. The number of carbonyl (C=O) groups excluding carboxylic acids is 1. The molecule has 0 saturated carbocycles. The average molecular weight is 300 g/mol. The molecule has 5 nitrogen and oxygen atoms in total. The van der Waals surface area contributed by atoms with Crippen molar-refractivity contribution in [2.24, 2.45) is 0 Å². The van der Waals surface area contributed by atoms with E-state index >= 15 is 0 Å². The highest BCUT2D eigenvalue weighted by Crippen LogP contribution is 2.27. The van der Waals surface area contributed by atoms with Crippen molar-refractivity contribution >= 4 is 16.8 Å². The van der Waals surface area contributed by atoms with Crippen LogP contribution in [0.3, 0.4) is 0 Å². The number of benzene rings is 1. The van der Waals surface area contributed by atoms with E-state index in [0.29, 0.717) is 35.5 Å². The van der Waals surface area contributed by atoms with E-state index in [1.54, 1.807) is 26.2 Å². The Balaban J connectivity index is 1.93. The zero-order valence-corrected chi connectivity index (χ0v) is 12.5. The lowest BCUT2D eigenvalue weighted by atomic mass is 10.1. The SMILES string of the molecule is COc1ccc2c(COC3=C(C)C(=O)CC3)cc(=O)oc2c1. The van der Waals surface area contributed by atoms with Crippen LogP contribution in [0.15, 0.2) is 44.8 Å². The van der Waals surface area contributed by atoms with Crippen LogP contribution in [0.25, 0.3) is 11.0 Å². The second kappa shape index (κ2) is 5.67. The first-order chi connectivity index (χ1) is 10.6. The van der Waals surface area contributed by atoms with E-state index in [9.17, 15) is 9.59 Å². The van der Waals surface area contributed by atoms with Crippen LogP contribution >= 0.6 is 0 Å². The number of ketones is 1. The molecule has 1 aliphatic rings. The normalized spacial score (nSPS) is 14.7. The Morgan fingerprint density at radius 3 is 2.68 bits per heavy atom. The summed E-state index contributed by atoms with van der Waals surface area (Å²) < 4.78 is 16.1. The molecule has 0 aliphatic heterocycles. The van der Waals surface area contributed by atoms with Crippen LogP contribution in [0.5, 0.6) is 5.75 Å². The number of hydrogen-bond donors (Lipinski definition) is 0. The summed E-state index contributed by atoms with van der Waals surface area (Å²) in [4.78, 5) is 23.2. The molecule has 0 N–H and O–H groups in total. The van der Waals surface area contributed by atoms with Crippen LogP contribution in [-0.4, -0.2) is 12.9 Å². The van der Waals surface area contributed by atoms with Crippen molar-refractivity contribution in [1.29, 1.82) is 0 Å². The summed E-state index contributed by atoms with van der Waals surface area (Å²) in [6.07, 6.45) is 1.12. The Morgan fingerprint density at radius 1 is 1.18 bits per heavy atom. The first-order valence-corrected chi connectivity index (χ1v) is 7.05. The Labute approximate surface area is 127 Å². The zero-order chi connectivity index (χ0) is 15.7. The Hall–Kier alpha value is -2.56. The van der Waals surface area contributed by atoms with Gasteiger partial charge in [-0.05, 0) is 19.1 Å². The summed E-state index contributed by atoms with van der Waals surface area (Å²) in [5.41, 5.74) is 1.42. The molecule has 0 atom stereocenters. The van der Waals surface area contributed by atoms with Gasteiger partial charge in [0.25, 0.3) is 0 Å². The van der Waals surface area contributed by atoms with Gasteiger partial charge in [-0.2, -0.15) is 0 Å². The molecule has 5 heteroatoms. The van der Waals surface area contributed by atoms with Gasteiger partial charge in [0.1, 0.15) is 23.7 Å². The molecule has 1 heterocycles. The third kappa shape index (κ3) is 2.62. The lowest BCUT2D eigenvalue weighted by Crippen LogP contribution is -2.03. The topological polar surface area (TPSA) is 65.7 Å². The first-order valence-electron chi connectivity index (χ1n) is 7.05. The third-order valence-electron chi connectivity index (χ3n) is 3.85. The highest BCUT2D eigenvalue weighted by Gasteiger charge is 2.20. The van der Waals surface area contributed by atoms with E-state index in [2.05, 4.69) is 0 Å². The van der Waals surface area contributed by atoms with Crippen LogP contribution in [0.4, 0.5) is 0 Å². The van der Waals surface area contributed by atoms with Gasteiger partial charge >= 0.3 is 5.63 Å². The highest BCUT2D eigenvalue weighted by molar-refractivity contribution is 5.97. The highest BCUT2D eigenvalue weighted by atomic mass is 16.5. The number of rotatable bonds is 4. The molecular formula is C17H16O5. The molecule has 0 bridgehead atoms. The van der Waals surface area contributed by atoms with Crippen molar-refractivity contribution in [2.45, 2.75) is 26.4 Å².